The molecule has 0 saturated carbocycles. The fraction of sp³-hybridized carbons (Fsp3) is 0. The van der Waals surface area contributed by atoms with Crippen LogP contribution in [-0.4, -0.2) is 33.5 Å². The minimum atomic E-state index is -2.33. The third kappa shape index (κ3) is 64.2. The predicted octanol–water partition coefficient (Wildman–Crippen LogP) is -5.82. The van der Waals surface area contributed by atoms with E-state index >= 15 is 0 Å². The summed E-state index contributed by atoms with van der Waals surface area (Å²) >= 11 is 0. The molecule has 0 aromatic heterocycles. The minimum Gasteiger partial charge on any atom is -0.652 e. The van der Waals surface area contributed by atoms with Gasteiger partial charge in [0.15, 0.2) is 0 Å². The molecule has 0 aromatic rings. The Hall–Kier alpha value is 1.19. The van der Waals surface area contributed by atoms with E-state index in [0.29, 0.717) is 0 Å². The monoisotopic (exact) mass is 291 g/mol. The Morgan fingerprint density at radius 1 is 1.33 bits per heavy atom. The van der Waals surface area contributed by atoms with Crippen molar-refractivity contribution in [2.45, 2.75) is 0 Å². The zero-order chi connectivity index (χ0) is 3.58. The molecule has 28 valence electrons. The summed E-state index contributed by atoms with van der Waals surface area (Å²) in [5, 5.41) is 16.7. The molecule has 0 spiro atoms. The molecule has 0 aliphatic carbocycles. The summed E-state index contributed by atoms with van der Waals surface area (Å²) in [6.07, 6.45) is -2.33. The van der Waals surface area contributed by atoms with E-state index in [2.05, 4.69) is 0 Å². The minimum absolute atomic E-state index is 0. The summed E-state index contributed by atoms with van der Waals surface area (Å²) in [6.45, 7) is 0. The van der Waals surface area contributed by atoms with Gasteiger partial charge in [-0.05, 0) is 6.16 Å². The summed E-state index contributed by atoms with van der Waals surface area (Å²) in [5.74, 6) is 0. The SMILES string of the molecule is O=C([O-])[O-].[Na+].[Pb]. The smallest absolute Gasteiger partial charge is 0.652 e. The fourth-order valence-corrected chi connectivity index (χ4v) is 0. The number of carbonyl (C=O) groups excluding carboxylic acids is 1. The summed E-state index contributed by atoms with van der Waals surface area (Å²) in [6, 6.07) is 0. The molecule has 0 atom stereocenters. The molecule has 0 bridgehead atoms. The van der Waals surface area contributed by atoms with Gasteiger partial charge in [0.25, 0.3) is 0 Å². The first-order valence-corrected chi connectivity index (χ1v) is 0.612. The Bertz CT molecular complexity index is 33.8. The van der Waals surface area contributed by atoms with Gasteiger partial charge in [-0.15, -0.1) is 0 Å². The van der Waals surface area contributed by atoms with Crippen molar-refractivity contribution in [3.05, 3.63) is 0 Å². The van der Waals surface area contributed by atoms with Crippen molar-refractivity contribution in [1.82, 2.24) is 0 Å². The van der Waals surface area contributed by atoms with Crippen molar-refractivity contribution in [1.29, 1.82) is 0 Å². The maximum absolute atomic E-state index is 8.33. The van der Waals surface area contributed by atoms with Gasteiger partial charge in [-0.3, -0.25) is 0 Å². The molecule has 0 aromatic carbocycles. The van der Waals surface area contributed by atoms with Crippen molar-refractivity contribution in [2.24, 2.45) is 0 Å². The second-order valence-corrected chi connectivity index (χ2v) is 0.250. The Labute approximate surface area is 77.2 Å². The van der Waals surface area contributed by atoms with Crippen molar-refractivity contribution in [2.75, 3.05) is 0 Å². The van der Waals surface area contributed by atoms with Gasteiger partial charge in [-0.25, -0.2) is 0 Å². The van der Waals surface area contributed by atoms with E-state index in [1.807, 2.05) is 0 Å². The first-order valence-electron chi connectivity index (χ1n) is 0.612. The molecule has 5 heteroatoms. The maximum Gasteiger partial charge on any atom is 1.00 e. The summed E-state index contributed by atoms with van der Waals surface area (Å²) in [5.41, 5.74) is 0. The topological polar surface area (TPSA) is 63.2 Å². The Morgan fingerprint density at radius 3 is 1.33 bits per heavy atom. The van der Waals surface area contributed by atoms with Gasteiger partial charge in [-0.2, -0.15) is 0 Å². The van der Waals surface area contributed by atoms with Crippen LogP contribution in [0.3, 0.4) is 0 Å². The molecule has 0 unspecified atom stereocenters. The molecular formula is CNaO3Pb-. The third-order valence-corrected chi connectivity index (χ3v) is 0. The Balaban J connectivity index is -0.0000000450. The number of hydrogen-bond donors (Lipinski definition) is 0. The largest absolute Gasteiger partial charge is 1.00 e. The van der Waals surface area contributed by atoms with E-state index < -0.39 is 6.16 Å². The molecule has 6 heavy (non-hydrogen) atoms. The zero-order valence-electron chi connectivity index (χ0n) is 3.22. The van der Waals surface area contributed by atoms with Gasteiger partial charge in [0.2, 0.25) is 0 Å². The number of rotatable bonds is 0. The first-order chi connectivity index (χ1) is 1.73. The van der Waals surface area contributed by atoms with Gasteiger partial charge in [0.05, 0.1) is 0 Å². The van der Waals surface area contributed by atoms with E-state index in [1.165, 1.54) is 0 Å². The molecule has 3 nitrogen and oxygen atoms in total. The molecule has 0 aliphatic heterocycles. The molecule has 0 fully saturated rings. The molecular weight excluding hydrogens is 290 g/mol. The summed E-state index contributed by atoms with van der Waals surface area (Å²) in [4.78, 5) is 8.33. The Morgan fingerprint density at radius 2 is 1.33 bits per heavy atom. The van der Waals surface area contributed by atoms with E-state index in [0.717, 1.165) is 0 Å². The van der Waals surface area contributed by atoms with Crippen molar-refractivity contribution >= 4 is 33.5 Å². The van der Waals surface area contributed by atoms with Crippen LogP contribution >= 0.6 is 0 Å². The number of hydrogen-bond acceptors (Lipinski definition) is 3. The quantitative estimate of drug-likeness (QED) is 0.418. The van der Waals surface area contributed by atoms with E-state index in [9.17, 15) is 0 Å². The molecule has 0 amide bonds. The number of carboxylic acid groups (broad SMARTS) is 2. The van der Waals surface area contributed by atoms with Gasteiger partial charge in [-0.1, -0.05) is 0 Å². The van der Waals surface area contributed by atoms with Crippen LogP contribution in [0.4, 0.5) is 4.79 Å². The van der Waals surface area contributed by atoms with Crippen LogP contribution in [0, 0.1) is 0 Å². The van der Waals surface area contributed by atoms with E-state index in [-0.39, 0.29) is 56.9 Å². The Kier molecular flexibility index (Phi) is 24.8. The van der Waals surface area contributed by atoms with Gasteiger partial charge in [0.1, 0.15) is 0 Å². The summed E-state index contributed by atoms with van der Waals surface area (Å²) < 4.78 is 0. The third-order valence-electron chi connectivity index (χ3n) is 0. The molecule has 0 aliphatic rings. The van der Waals surface area contributed by atoms with Gasteiger partial charge >= 0.3 is 29.6 Å². The zero-order valence-corrected chi connectivity index (χ0v) is 9.11. The van der Waals surface area contributed by atoms with Crippen LogP contribution in [-0.2, 0) is 0 Å². The standard InChI is InChI=1S/CH2O3.Na.Pb/c2-1(3)4;;/h(H2,2,3,4);;/q;+1;/p-2. The molecule has 4 radical (unpaired) electrons. The van der Waals surface area contributed by atoms with Gasteiger partial charge < -0.3 is 15.0 Å². The van der Waals surface area contributed by atoms with Crippen molar-refractivity contribution < 1.29 is 44.6 Å². The van der Waals surface area contributed by atoms with Crippen LogP contribution < -0.4 is 39.8 Å². The molecule has 0 rings (SSSR count). The summed E-state index contributed by atoms with van der Waals surface area (Å²) in [7, 11) is 0. The van der Waals surface area contributed by atoms with Crippen LogP contribution in [0.1, 0.15) is 0 Å². The van der Waals surface area contributed by atoms with Crippen LogP contribution in [0.5, 0.6) is 0 Å². The van der Waals surface area contributed by atoms with Crippen molar-refractivity contribution in [3.8, 4) is 0 Å². The first kappa shape index (κ1) is 15.7. The predicted molar refractivity (Wildman–Crippen MR) is 11.1 cm³/mol. The van der Waals surface area contributed by atoms with E-state index in [4.69, 9.17) is 15.0 Å². The second kappa shape index (κ2) is 9.50. The van der Waals surface area contributed by atoms with E-state index in [1.54, 1.807) is 0 Å². The second-order valence-electron chi connectivity index (χ2n) is 0.250. The number of carbonyl (C=O) groups is 1. The van der Waals surface area contributed by atoms with Crippen LogP contribution in [0.2, 0.25) is 0 Å². The molecule has 0 heterocycles. The van der Waals surface area contributed by atoms with Crippen LogP contribution in [0.25, 0.3) is 0 Å². The van der Waals surface area contributed by atoms with Gasteiger partial charge in [0, 0.05) is 27.3 Å². The maximum atomic E-state index is 8.33. The fourth-order valence-electron chi connectivity index (χ4n) is 0. The average molecular weight is 290 g/mol. The van der Waals surface area contributed by atoms with Crippen molar-refractivity contribution in [3.63, 3.8) is 0 Å². The molecule has 0 N–H and O–H groups in total. The van der Waals surface area contributed by atoms with Crippen LogP contribution in [0.15, 0.2) is 0 Å². The molecule has 0 saturated heterocycles. The average Bonchev–Trinajstić information content (AvgIpc) is 0.811. The normalized spacial score (nSPS) is 4.00.